The second kappa shape index (κ2) is 16.2. The van der Waals surface area contributed by atoms with Crippen molar-refractivity contribution in [2.24, 2.45) is 46.3 Å². The van der Waals surface area contributed by atoms with Crippen LogP contribution >= 0.6 is 0 Å². The summed E-state index contributed by atoms with van der Waals surface area (Å²) in [6, 6.07) is 0. The topological polar surface area (TPSA) is 26.3 Å². The molecule has 4 aliphatic carbocycles. The molecular weight excluding hydrogens is 759 g/mol. The molecule has 0 aromatic rings. The normalized spacial score (nSPS) is 31.4. The van der Waals surface area contributed by atoms with Crippen LogP contribution in [-0.4, -0.2) is 47.9 Å². The molecule has 0 amide bonds. The number of allylic oxidation sites excluding steroid dienone is 1. The van der Waals surface area contributed by atoms with Gasteiger partial charge in [-0.3, -0.25) is 4.79 Å². The highest BCUT2D eigenvalue weighted by atomic mass is 19.4. The lowest BCUT2D eigenvalue weighted by atomic mass is 9.47. The summed E-state index contributed by atoms with van der Waals surface area (Å²) in [5, 5.41) is 0. The summed E-state index contributed by atoms with van der Waals surface area (Å²) in [5.74, 6) is -33.2. The van der Waals surface area contributed by atoms with Crippen molar-refractivity contribution < 1.29 is 66.6 Å². The summed E-state index contributed by atoms with van der Waals surface area (Å²) < 4.78 is 179. The van der Waals surface area contributed by atoms with Crippen LogP contribution in [0.4, 0.5) is 57.1 Å². The van der Waals surface area contributed by atoms with E-state index < -0.39 is 54.6 Å². The van der Waals surface area contributed by atoms with Crippen molar-refractivity contribution in [1.29, 1.82) is 0 Å². The van der Waals surface area contributed by atoms with Gasteiger partial charge in [-0.2, -0.15) is 57.1 Å². The van der Waals surface area contributed by atoms with E-state index in [1.165, 1.54) is 50.5 Å². The van der Waals surface area contributed by atoms with Crippen molar-refractivity contribution in [1.82, 2.24) is 0 Å². The number of unbranched alkanes of at least 4 members (excludes halogenated alkanes) is 3. The molecular formula is C40H57F13O2. The minimum Gasteiger partial charge on any atom is -0.462 e. The van der Waals surface area contributed by atoms with Crippen LogP contribution in [0.1, 0.15) is 144 Å². The number of rotatable bonds is 17. The van der Waals surface area contributed by atoms with Crippen LogP contribution in [0, 0.1) is 46.3 Å². The Bertz CT molecular complexity index is 1360. The van der Waals surface area contributed by atoms with Gasteiger partial charge in [0.05, 0.1) is 0 Å². The maximum Gasteiger partial charge on any atom is 0.460 e. The maximum atomic E-state index is 14.1. The molecule has 2 nitrogen and oxygen atoms in total. The van der Waals surface area contributed by atoms with E-state index in [-0.39, 0.29) is 37.2 Å². The fourth-order valence-corrected chi connectivity index (χ4v) is 10.9. The summed E-state index contributed by atoms with van der Waals surface area (Å²) >= 11 is 0. The molecule has 0 bridgehead atoms. The zero-order chi connectivity index (χ0) is 41.6. The molecule has 0 aromatic heterocycles. The molecule has 0 radical (unpaired) electrons. The van der Waals surface area contributed by atoms with E-state index in [4.69, 9.17) is 4.74 Å². The first kappa shape index (κ1) is 46.0. The third kappa shape index (κ3) is 8.43. The minimum atomic E-state index is -7.89. The number of hydrogen-bond acceptors (Lipinski definition) is 2. The Labute approximate surface area is 316 Å². The van der Waals surface area contributed by atoms with Crippen molar-refractivity contribution in [3.05, 3.63) is 11.6 Å². The van der Waals surface area contributed by atoms with Gasteiger partial charge in [0, 0.05) is 19.3 Å². The molecule has 15 heteroatoms. The van der Waals surface area contributed by atoms with Crippen molar-refractivity contribution in [2.45, 2.75) is 186 Å². The first-order valence-electron chi connectivity index (χ1n) is 19.9. The van der Waals surface area contributed by atoms with Crippen LogP contribution in [0.5, 0.6) is 0 Å². The van der Waals surface area contributed by atoms with Gasteiger partial charge in [-0.05, 0) is 104 Å². The van der Waals surface area contributed by atoms with Crippen molar-refractivity contribution in [3.63, 3.8) is 0 Å². The summed E-state index contributed by atoms with van der Waals surface area (Å²) in [6.07, 6.45) is 2.74. The largest absolute Gasteiger partial charge is 0.462 e. The number of fused-ring (bicyclic) bond motifs is 5. The Kier molecular flexibility index (Phi) is 13.5. The number of halogens is 13. The number of carbonyl (C=O) groups is 1. The van der Waals surface area contributed by atoms with E-state index in [0.29, 0.717) is 41.9 Å². The zero-order valence-electron chi connectivity index (χ0n) is 32.4. The maximum absolute atomic E-state index is 14.1. The minimum absolute atomic E-state index is 0.0199. The predicted molar refractivity (Wildman–Crippen MR) is 181 cm³/mol. The Morgan fingerprint density at radius 3 is 1.96 bits per heavy atom. The van der Waals surface area contributed by atoms with E-state index in [0.717, 1.165) is 24.7 Å². The smallest absolute Gasteiger partial charge is 0.460 e. The standard InChI is InChI=1S/C40H57F13O2/c1-24(2)11-10-12-25(3)29-16-17-30-28-15-14-26-23-27(18-21-33(26,4)31(28)19-22-34(29,30)5)55-32(54)13-8-6-7-9-20-35(41,42)36(43,44)37(45,46)38(47,48)39(49,50)40(51,52)53/h14,24-25,27-31H,6-13,15-23H2,1-5H3. The highest BCUT2D eigenvalue weighted by Gasteiger charge is 2.90. The molecule has 0 N–H and O–H groups in total. The van der Waals surface area contributed by atoms with Gasteiger partial charge in [-0.1, -0.05) is 78.4 Å². The lowest BCUT2D eigenvalue weighted by molar-refractivity contribution is -0.440. The average molecular weight is 817 g/mol. The number of ether oxygens (including phenoxy) is 1. The van der Waals surface area contributed by atoms with Crippen LogP contribution in [-0.2, 0) is 9.53 Å². The van der Waals surface area contributed by atoms with Gasteiger partial charge >= 0.3 is 41.8 Å². The highest BCUT2D eigenvalue weighted by molar-refractivity contribution is 5.69. The molecule has 4 aliphatic rings. The second-order valence-corrected chi connectivity index (χ2v) is 18.1. The molecule has 320 valence electrons. The highest BCUT2D eigenvalue weighted by Crippen LogP contribution is 2.67. The molecule has 0 aliphatic heterocycles. The van der Waals surface area contributed by atoms with E-state index in [1.807, 2.05) is 0 Å². The van der Waals surface area contributed by atoms with E-state index in [2.05, 4.69) is 40.7 Å². The molecule has 8 unspecified atom stereocenters. The van der Waals surface area contributed by atoms with Gasteiger partial charge in [0.15, 0.2) is 0 Å². The van der Waals surface area contributed by atoms with Crippen LogP contribution < -0.4 is 0 Å². The predicted octanol–water partition coefficient (Wildman–Crippen LogP) is 14.0. The van der Waals surface area contributed by atoms with Crippen LogP contribution in [0.15, 0.2) is 11.6 Å². The zero-order valence-corrected chi connectivity index (χ0v) is 32.4. The summed E-state index contributed by atoms with van der Waals surface area (Å²) in [5.41, 5.74) is 1.68. The molecule has 3 fully saturated rings. The van der Waals surface area contributed by atoms with E-state index in [1.54, 1.807) is 0 Å². The van der Waals surface area contributed by atoms with Crippen molar-refractivity contribution in [2.75, 3.05) is 0 Å². The first-order valence-corrected chi connectivity index (χ1v) is 19.9. The SMILES string of the molecule is CC(C)CCCC(C)C1CCC2C3CC=C4CC(OC(=O)CCCCCCC(F)(F)C(F)(F)C(F)(F)C(F)(F)C(F)(F)C(F)(F)F)CCC4(C)C3CCC12C. The lowest BCUT2D eigenvalue weighted by Gasteiger charge is -2.58. The average Bonchev–Trinajstić information content (AvgIpc) is 3.42. The fraction of sp³-hybridized carbons (Fsp3) is 0.925. The van der Waals surface area contributed by atoms with Crippen molar-refractivity contribution in [3.8, 4) is 0 Å². The monoisotopic (exact) mass is 816 g/mol. The first-order chi connectivity index (χ1) is 25.1. The third-order valence-corrected chi connectivity index (χ3v) is 14.2. The third-order valence-electron chi connectivity index (χ3n) is 14.2. The molecule has 0 aromatic carbocycles. The summed E-state index contributed by atoms with van der Waals surface area (Å²) in [7, 11) is 0. The molecule has 8 atom stereocenters. The Balaban J connectivity index is 1.23. The molecule has 0 saturated heterocycles. The summed E-state index contributed by atoms with van der Waals surface area (Å²) in [6.45, 7) is 11.9. The van der Waals surface area contributed by atoms with Crippen LogP contribution in [0.2, 0.25) is 0 Å². The van der Waals surface area contributed by atoms with Gasteiger partial charge < -0.3 is 4.74 Å². The molecule has 3 saturated carbocycles. The second-order valence-electron chi connectivity index (χ2n) is 18.1. The van der Waals surface area contributed by atoms with Crippen molar-refractivity contribution >= 4 is 5.97 Å². The van der Waals surface area contributed by atoms with Gasteiger partial charge in [-0.25, -0.2) is 0 Å². The molecule has 4 rings (SSSR count). The Morgan fingerprint density at radius 2 is 1.35 bits per heavy atom. The van der Waals surface area contributed by atoms with Crippen LogP contribution in [0.25, 0.3) is 0 Å². The Hall–Kier alpha value is -1.70. The van der Waals surface area contributed by atoms with Gasteiger partial charge in [-0.15, -0.1) is 0 Å². The number of esters is 1. The fourth-order valence-electron chi connectivity index (χ4n) is 10.9. The number of carbonyl (C=O) groups excluding carboxylic acids is 1. The molecule has 0 heterocycles. The van der Waals surface area contributed by atoms with Gasteiger partial charge in [0.2, 0.25) is 0 Å². The van der Waals surface area contributed by atoms with Gasteiger partial charge in [0.25, 0.3) is 0 Å². The summed E-state index contributed by atoms with van der Waals surface area (Å²) in [4.78, 5) is 12.6. The quantitative estimate of drug-likeness (QED) is 0.0633. The lowest BCUT2D eigenvalue weighted by Crippen LogP contribution is -2.70. The van der Waals surface area contributed by atoms with E-state index >= 15 is 0 Å². The van der Waals surface area contributed by atoms with Gasteiger partial charge in [0.1, 0.15) is 6.10 Å². The van der Waals surface area contributed by atoms with E-state index in [9.17, 15) is 61.9 Å². The molecule has 0 spiro atoms. The number of hydrogen-bond donors (Lipinski definition) is 0. The van der Waals surface area contributed by atoms with Crippen LogP contribution in [0.3, 0.4) is 0 Å². The number of alkyl halides is 13. The molecule has 55 heavy (non-hydrogen) atoms. The Morgan fingerprint density at radius 1 is 0.727 bits per heavy atom.